The average Bonchev–Trinajstić information content (AvgIpc) is 3.57. The van der Waals surface area contributed by atoms with Gasteiger partial charge >= 0.3 is 0 Å². The predicted molar refractivity (Wildman–Crippen MR) is 130 cm³/mol. The van der Waals surface area contributed by atoms with E-state index in [2.05, 4.69) is 30.5 Å². The number of imidazole rings is 1. The fourth-order valence-electron chi connectivity index (χ4n) is 4.50. The normalized spacial score (nSPS) is 25.1. The van der Waals surface area contributed by atoms with E-state index in [1.807, 2.05) is 34.6 Å². The highest BCUT2D eigenvalue weighted by Gasteiger charge is 2.58. The van der Waals surface area contributed by atoms with Gasteiger partial charge in [0.25, 0.3) is 0 Å². The van der Waals surface area contributed by atoms with Gasteiger partial charge in [-0.1, -0.05) is 32.4 Å². The molecule has 0 spiro atoms. The Bertz CT molecular complexity index is 1480. The molecule has 13 heteroatoms. The Morgan fingerprint density at radius 2 is 1.86 bits per heavy atom. The Morgan fingerprint density at radius 3 is 2.59 bits per heavy atom. The second-order valence-electron chi connectivity index (χ2n) is 10.5. The molecule has 1 aromatic carbocycles. The highest BCUT2D eigenvalue weighted by atomic mass is 35.5. The molecule has 0 amide bonds. The van der Waals surface area contributed by atoms with Crippen molar-refractivity contribution in [3.05, 3.63) is 53.5 Å². The summed E-state index contributed by atoms with van der Waals surface area (Å²) in [6.45, 7) is 9.64. The van der Waals surface area contributed by atoms with Crippen LogP contribution in [-0.4, -0.2) is 47.7 Å². The maximum atomic E-state index is 14.4. The van der Waals surface area contributed by atoms with Crippen molar-refractivity contribution in [2.45, 2.75) is 70.4 Å². The number of nitrogens with zero attached hydrogens (tertiary/aromatic N) is 6. The molecule has 37 heavy (non-hydrogen) atoms. The molecule has 6 rings (SSSR count). The van der Waals surface area contributed by atoms with Crippen LogP contribution in [0.3, 0.4) is 0 Å². The molecule has 11 nitrogen and oxygen atoms in total. The van der Waals surface area contributed by atoms with Gasteiger partial charge in [0.2, 0.25) is 11.8 Å². The standard InChI is InChI=1S/C24H25ClFN7O4/c1-23(2,3)22-32-31-20(35-22)16-15-17(37-24(4,5)36-15)21(34-16)33-10-29-14-18(27-9-28-19(14)33)30-13-7-6-11(25)8-12(13)26/h6-10,15-17,21H,1-5H3,(H,27,28,30)/t15-,16-,17-,21+/m0/s1. The summed E-state index contributed by atoms with van der Waals surface area (Å²) in [5.41, 5.74) is 0.771. The minimum absolute atomic E-state index is 0.205. The molecule has 0 radical (unpaired) electrons. The number of rotatable bonds is 4. The van der Waals surface area contributed by atoms with Crippen LogP contribution in [-0.2, 0) is 19.6 Å². The summed E-state index contributed by atoms with van der Waals surface area (Å²) in [4.78, 5) is 13.2. The van der Waals surface area contributed by atoms with E-state index in [4.69, 9.17) is 30.2 Å². The molecule has 0 aliphatic carbocycles. The molecule has 3 aromatic heterocycles. The average molecular weight is 530 g/mol. The summed E-state index contributed by atoms with van der Waals surface area (Å²) in [5.74, 6) is -0.242. The molecule has 2 aliphatic rings. The monoisotopic (exact) mass is 529 g/mol. The second-order valence-corrected chi connectivity index (χ2v) is 10.9. The first-order valence-corrected chi connectivity index (χ1v) is 12.1. The number of nitrogens with one attached hydrogen (secondary N) is 1. The maximum Gasteiger partial charge on any atom is 0.248 e. The summed E-state index contributed by atoms with van der Waals surface area (Å²) in [6.07, 6.45) is 0.595. The molecule has 194 valence electrons. The fourth-order valence-corrected chi connectivity index (χ4v) is 4.66. The van der Waals surface area contributed by atoms with Crippen LogP contribution in [0.25, 0.3) is 11.2 Å². The van der Waals surface area contributed by atoms with Gasteiger partial charge in [-0.05, 0) is 32.0 Å². The molecule has 0 saturated carbocycles. The van der Waals surface area contributed by atoms with E-state index in [0.29, 0.717) is 33.8 Å². The van der Waals surface area contributed by atoms with E-state index in [1.54, 1.807) is 17.0 Å². The lowest BCUT2D eigenvalue weighted by atomic mass is 9.97. The first kappa shape index (κ1) is 24.2. The number of hydrogen-bond acceptors (Lipinski definition) is 10. The van der Waals surface area contributed by atoms with Crippen molar-refractivity contribution in [3.8, 4) is 0 Å². The minimum atomic E-state index is -0.854. The topological polar surface area (TPSA) is 122 Å². The van der Waals surface area contributed by atoms with Crippen LogP contribution in [0.15, 0.2) is 35.3 Å². The van der Waals surface area contributed by atoms with Crippen molar-refractivity contribution >= 4 is 34.3 Å². The predicted octanol–water partition coefficient (Wildman–Crippen LogP) is 4.83. The minimum Gasteiger partial charge on any atom is -0.422 e. The van der Waals surface area contributed by atoms with E-state index in [1.165, 1.54) is 18.5 Å². The van der Waals surface area contributed by atoms with Gasteiger partial charge in [0.05, 0.1) is 12.0 Å². The van der Waals surface area contributed by atoms with Gasteiger partial charge in [-0.2, -0.15) is 0 Å². The Kier molecular flexibility index (Phi) is 5.50. The first-order valence-electron chi connectivity index (χ1n) is 11.7. The fraction of sp³-hybridized carbons (Fsp3) is 0.458. The highest BCUT2D eigenvalue weighted by molar-refractivity contribution is 6.30. The molecule has 0 bridgehead atoms. The highest BCUT2D eigenvalue weighted by Crippen LogP contribution is 2.49. The molecular formula is C24H25ClFN7O4. The van der Waals surface area contributed by atoms with Crippen LogP contribution in [0.2, 0.25) is 5.02 Å². The molecule has 2 saturated heterocycles. The van der Waals surface area contributed by atoms with Crippen LogP contribution in [0.1, 0.15) is 58.7 Å². The van der Waals surface area contributed by atoms with E-state index in [9.17, 15) is 4.39 Å². The number of benzene rings is 1. The van der Waals surface area contributed by atoms with Crippen LogP contribution in [0.5, 0.6) is 0 Å². The lowest BCUT2D eigenvalue weighted by Crippen LogP contribution is -2.27. The third-order valence-electron chi connectivity index (χ3n) is 6.17. The Hall–Kier alpha value is -3.19. The SMILES string of the molecule is CC1(C)O[C@@H]2[C@H](O1)[C@H](n1cnc3c(Nc4ccc(Cl)cc4F)ncnc31)O[C@@H]2c1nnc(C(C)(C)C)o1. The van der Waals surface area contributed by atoms with Crippen LogP contribution in [0.4, 0.5) is 15.9 Å². The number of aromatic nitrogens is 6. The van der Waals surface area contributed by atoms with Gasteiger partial charge in [-0.3, -0.25) is 4.57 Å². The number of anilines is 2. The lowest BCUT2D eigenvalue weighted by molar-refractivity contribution is -0.199. The van der Waals surface area contributed by atoms with Gasteiger partial charge in [-0.15, -0.1) is 10.2 Å². The smallest absolute Gasteiger partial charge is 0.248 e. The Balaban J connectivity index is 1.36. The number of ether oxygens (including phenoxy) is 3. The van der Waals surface area contributed by atoms with Crippen molar-refractivity contribution < 1.29 is 23.0 Å². The molecule has 4 aromatic rings. The van der Waals surface area contributed by atoms with Gasteiger partial charge in [-0.25, -0.2) is 19.3 Å². The van der Waals surface area contributed by atoms with E-state index >= 15 is 0 Å². The van der Waals surface area contributed by atoms with Crippen molar-refractivity contribution in [2.75, 3.05) is 5.32 Å². The van der Waals surface area contributed by atoms with Crippen LogP contribution < -0.4 is 5.32 Å². The summed E-state index contributed by atoms with van der Waals surface area (Å²) in [6, 6.07) is 4.33. The second kappa shape index (κ2) is 8.42. The first-order chi connectivity index (χ1) is 17.5. The Labute approximate surface area is 216 Å². The third-order valence-corrected chi connectivity index (χ3v) is 6.41. The lowest BCUT2D eigenvalue weighted by Gasteiger charge is -2.24. The molecule has 0 unspecified atom stereocenters. The number of fused-ring (bicyclic) bond motifs is 2. The molecular weight excluding hydrogens is 505 g/mol. The zero-order valence-corrected chi connectivity index (χ0v) is 21.5. The molecule has 2 fully saturated rings. The van der Waals surface area contributed by atoms with Crippen molar-refractivity contribution in [1.82, 2.24) is 29.7 Å². The largest absolute Gasteiger partial charge is 0.422 e. The Morgan fingerprint density at radius 1 is 1.08 bits per heavy atom. The molecule has 4 atom stereocenters. The summed E-state index contributed by atoms with van der Waals surface area (Å²) >= 11 is 5.87. The van der Waals surface area contributed by atoms with Gasteiger partial charge in [0.15, 0.2) is 35.1 Å². The quantitative estimate of drug-likeness (QED) is 0.393. The zero-order chi connectivity index (χ0) is 26.1. The van der Waals surface area contributed by atoms with Crippen molar-refractivity contribution in [1.29, 1.82) is 0 Å². The third kappa shape index (κ3) is 4.23. The van der Waals surface area contributed by atoms with Crippen molar-refractivity contribution in [2.24, 2.45) is 0 Å². The summed E-state index contributed by atoms with van der Waals surface area (Å²) in [7, 11) is 0. The molecule has 1 N–H and O–H groups in total. The van der Waals surface area contributed by atoms with Gasteiger partial charge in [0.1, 0.15) is 24.4 Å². The van der Waals surface area contributed by atoms with Crippen LogP contribution >= 0.6 is 11.6 Å². The van der Waals surface area contributed by atoms with E-state index in [-0.39, 0.29) is 11.1 Å². The molecule has 5 heterocycles. The van der Waals surface area contributed by atoms with Gasteiger partial charge in [0, 0.05) is 10.4 Å². The number of halogens is 2. The maximum absolute atomic E-state index is 14.4. The number of hydrogen-bond donors (Lipinski definition) is 1. The van der Waals surface area contributed by atoms with E-state index in [0.717, 1.165) is 0 Å². The zero-order valence-electron chi connectivity index (χ0n) is 20.8. The van der Waals surface area contributed by atoms with E-state index < -0.39 is 36.1 Å². The summed E-state index contributed by atoms with van der Waals surface area (Å²) in [5, 5.41) is 11.7. The van der Waals surface area contributed by atoms with Gasteiger partial charge < -0.3 is 23.9 Å². The van der Waals surface area contributed by atoms with Crippen LogP contribution in [0, 0.1) is 5.82 Å². The molecule has 2 aliphatic heterocycles. The summed E-state index contributed by atoms with van der Waals surface area (Å²) < 4.78 is 40.9. The van der Waals surface area contributed by atoms with Crippen molar-refractivity contribution in [3.63, 3.8) is 0 Å².